The number of furan rings is 1. The molecule has 0 amide bonds. The highest BCUT2D eigenvalue weighted by Gasteiger charge is 2.25. The lowest BCUT2D eigenvalue weighted by Gasteiger charge is -2.18. The average molecular weight is 468 g/mol. The quantitative estimate of drug-likeness (QED) is 0.263. The predicted molar refractivity (Wildman–Crippen MR) is 138 cm³/mol. The molecule has 0 N–H and O–H groups in total. The molecule has 0 fully saturated rings. The van der Waals surface area contributed by atoms with E-state index in [2.05, 4.69) is 24.8 Å². The third-order valence-electron chi connectivity index (χ3n) is 6.46. The molecule has 0 unspecified atom stereocenters. The van der Waals surface area contributed by atoms with Gasteiger partial charge in [-0.05, 0) is 67.0 Å². The van der Waals surface area contributed by atoms with Crippen LogP contribution in [-0.4, -0.2) is 36.9 Å². The van der Waals surface area contributed by atoms with E-state index >= 15 is 0 Å². The van der Waals surface area contributed by atoms with Crippen molar-refractivity contribution < 1.29 is 18.7 Å². The van der Waals surface area contributed by atoms with Crippen LogP contribution in [0.5, 0.6) is 11.5 Å². The first kappa shape index (κ1) is 22.9. The largest absolute Gasteiger partial charge is 0.492 e. The number of ketones is 1. The van der Waals surface area contributed by atoms with Crippen molar-refractivity contribution in [1.82, 2.24) is 4.90 Å². The van der Waals surface area contributed by atoms with Crippen molar-refractivity contribution in [1.29, 1.82) is 0 Å². The lowest BCUT2D eigenvalue weighted by molar-refractivity contribution is 0.101. The summed E-state index contributed by atoms with van der Waals surface area (Å²) in [6, 6.07) is 21.2. The third kappa shape index (κ3) is 4.73. The Morgan fingerprint density at radius 3 is 2.51 bits per heavy atom. The van der Waals surface area contributed by atoms with Crippen LogP contribution in [0, 0.1) is 0 Å². The van der Waals surface area contributed by atoms with Crippen LogP contribution >= 0.6 is 0 Å². The molecule has 5 heteroatoms. The van der Waals surface area contributed by atoms with Crippen molar-refractivity contribution in [3.05, 3.63) is 96.0 Å². The van der Waals surface area contributed by atoms with E-state index in [0.29, 0.717) is 23.5 Å². The van der Waals surface area contributed by atoms with Gasteiger partial charge in [0, 0.05) is 29.1 Å². The lowest BCUT2D eigenvalue weighted by Crippen LogP contribution is -2.27. The number of rotatable bonds is 9. The molecule has 0 spiro atoms. The van der Waals surface area contributed by atoms with Gasteiger partial charge < -0.3 is 18.8 Å². The summed E-state index contributed by atoms with van der Waals surface area (Å²) in [6.45, 7) is 7.77. The molecular weight excluding hydrogens is 438 g/mol. The molecule has 0 saturated heterocycles. The number of carbonyl (C=O) groups excluding carboxylic acids is 1. The first-order chi connectivity index (χ1) is 17.2. The van der Waals surface area contributed by atoms with Crippen molar-refractivity contribution >= 4 is 16.8 Å². The van der Waals surface area contributed by atoms with Gasteiger partial charge in [-0.1, -0.05) is 44.2 Å². The number of benzene rings is 3. The molecule has 0 bridgehead atoms. The van der Waals surface area contributed by atoms with E-state index in [-0.39, 0.29) is 5.78 Å². The zero-order valence-corrected chi connectivity index (χ0v) is 20.1. The van der Waals surface area contributed by atoms with Gasteiger partial charge in [0.2, 0.25) is 5.78 Å². The maximum atomic E-state index is 13.6. The fourth-order valence-corrected chi connectivity index (χ4v) is 4.45. The second kappa shape index (κ2) is 10.2. The molecule has 5 nitrogen and oxygen atoms in total. The monoisotopic (exact) mass is 467 g/mol. The van der Waals surface area contributed by atoms with Crippen molar-refractivity contribution in [2.45, 2.75) is 20.3 Å². The van der Waals surface area contributed by atoms with Gasteiger partial charge in [-0.2, -0.15) is 0 Å². The van der Waals surface area contributed by atoms with E-state index in [1.807, 2.05) is 54.6 Å². The van der Waals surface area contributed by atoms with Crippen LogP contribution in [0.2, 0.25) is 0 Å². The standard InChI is InChI=1S/C30H29NO4/c1-3-31(4-2)16-18-33-24-14-12-22(13-15-24)29(32)30-28(21-9-6-5-7-10-21)25-19-23-11-8-17-34-26(23)20-27(25)35-30/h5-10,12-15,17,19-20H,3-4,11,16,18H2,1-2H3. The van der Waals surface area contributed by atoms with E-state index in [1.165, 1.54) is 0 Å². The number of carbonyl (C=O) groups is 1. The van der Waals surface area contributed by atoms with Gasteiger partial charge in [0.15, 0.2) is 5.76 Å². The fraction of sp³-hybridized carbons (Fsp3) is 0.233. The Morgan fingerprint density at radius 2 is 1.77 bits per heavy atom. The Balaban J connectivity index is 1.46. The molecule has 0 radical (unpaired) electrons. The zero-order valence-electron chi connectivity index (χ0n) is 20.1. The number of ether oxygens (including phenoxy) is 2. The van der Waals surface area contributed by atoms with Crippen molar-refractivity contribution in [3.63, 3.8) is 0 Å². The van der Waals surface area contributed by atoms with E-state index in [4.69, 9.17) is 13.9 Å². The molecule has 4 aromatic rings. The predicted octanol–water partition coefficient (Wildman–Crippen LogP) is 6.50. The summed E-state index contributed by atoms with van der Waals surface area (Å²) < 4.78 is 17.7. The van der Waals surface area contributed by atoms with E-state index < -0.39 is 0 Å². The molecule has 1 aliphatic heterocycles. The highest BCUT2D eigenvalue weighted by Crippen LogP contribution is 2.40. The second-order valence-corrected chi connectivity index (χ2v) is 8.55. The fourth-order valence-electron chi connectivity index (χ4n) is 4.45. The molecule has 1 aromatic heterocycles. The highest BCUT2D eigenvalue weighted by atomic mass is 16.5. The first-order valence-electron chi connectivity index (χ1n) is 12.1. The summed E-state index contributed by atoms with van der Waals surface area (Å²) >= 11 is 0. The molecular formula is C30H29NO4. The molecule has 0 saturated carbocycles. The second-order valence-electron chi connectivity index (χ2n) is 8.55. The van der Waals surface area contributed by atoms with Crippen LogP contribution in [0.3, 0.4) is 0 Å². The maximum Gasteiger partial charge on any atom is 0.228 e. The highest BCUT2D eigenvalue weighted by molar-refractivity contribution is 6.15. The summed E-state index contributed by atoms with van der Waals surface area (Å²) in [5.74, 6) is 1.68. The molecule has 0 atom stereocenters. The number of nitrogens with zero attached hydrogens (tertiary/aromatic N) is 1. The van der Waals surface area contributed by atoms with Gasteiger partial charge >= 0.3 is 0 Å². The Hall–Kier alpha value is -3.83. The van der Waals surface area contributed by atoms with Crippen molar-refractivity contribution in [2.75, 3.05) is 26.2 Å². The summed E-state index contributed by atoms with van der Waals surface area (Å²) in [5.41, 5.74) is 4.02. The van der Waals surface area contributed by atoms with Gasteiger partial charge in [-0.3, -0.25) is 4.79 Å². The average Bonchev–Trinajstić information content (AvgIpc) is 3.28. The molecule has 0 aliphatic carbocycles. The number of hydrogen-bond acceptors (Lipinski definition) is 5. The topological polar surface area (TPSA) is 51.9 Å². The number of hydrogen-bond donors (Lipinski definition) is 0. The Kier molecular flexibility index (Phi) is 6.68. The summed E-state index contributed by atoms with van der Waals surface area (Å²) in [4.78, 5) is 15.9. The first-order valence-corrected chi connectivity index (χ1v) is 12.1. The normalized spacial score (nSPS) is 12.5. The molecule has 1 aliphatic rings. The summed E-state index contributed by atoms with van der Waals surface area (Å²) in [6.07, 6.45) is 4.45. The van der Waals surface area contributed by atoms with Crippen LogP contribution in [-0.2, 0) is 6.42 Å². The molecule has 178 valence electrons. The van der Waals surface area contributed by atoms with Crippen molar-refractivity contribution in [3.8, 4) is 22.6 Å². The molecule has 35 heavy (non-hydrogen) atoms. The van der Waals surface area contributed by atoms with E-state index in [0.717, 1.165) is 59.6 Å². The Morgan fingerprint density at radius 1 is 1.00 bits per heavy atom. The maximum absolute atomic E-state index is 13.6. The third-order valence-corrected chi connectivity index (χ3v) is 6.46. The van der Waals surface area contributed by atoms with Crippen LogP contribution in [0.25, 0.3) is 22.1 Å². The van der Waals surface area contributed by atoms with Crippen LogP contribution in [0.15, 0.2) is 83.5 Å². The number of fused-ring (bicyclic) bond motifs is 2. The molecule has 2 heterocycles. The summed E-state index contributed by atoms with van der Waals surface area (Å²) in [7, 11) is 0. The van der Waals surface area contributed by atoms with Crippen LogP contribution < -0.4 is 9.47 Å². The molecule has 3 aromatic carbocycles. The van der Waals surface area contributed by atoms with Crippen molar-refractivity contribution in [2.24, 2.45) is 0 Å². The van der Waals surface area contributed by atoms with Gasteiger partial charge in [0.05, 0.1) is 6.26 Å². The zero-order chi connectivity index (χ0) is 24.2. The molecule has 5 rings (SSSR count). The van der Waals surface area contributed by atoms with Gasteiger partial charge in [-0.25, -0.2) is 0 Å². The lowest BCUT2D eigenvalue weighted by atomic mass is 9.96. The van der Waals surface area contributed by atoms with Crippen LogP contribution in [0.1, 0.15) is 35.5 Å². The minimum atomic E-state index is -0.160. The van der Waals surface area contributed by atoms with Gasteiger partial charge in [0.1, 0.15) is 23.7 Å². The number of likely N-dealkylation sites (N-methyl/N-ethyl adjacent to an activating group) is 1. The number of allylic oxidation sites excluding steroid dienone is 1. The SMILES string of the molecule is CCN(CC)CCOc1ccc(C(=O)c2oc3cc4c(cc3c2-c2ccccc2)CC=CO4)cc1. The Bertz CT molecular complexity index is 1350. The van der Waals surface area contributed by atoms with E-state index in [9.17, 15) is 4.79 Å². The van der Waals surface area contributed by atoms with E-state index in [1.54, 1.807) is 18.4 Å². The van der Waals surface area contributed by atoms with Gasteiger partial charge in [0.25, 0.3) is 0 Å². The van der Waals surface area contributed by atoms with Crippen LogP contribution in [0.4, 0.5) is 0 Å². The Labute approximate surface area is 205 Å². The minimum Gasteiger partial charge on any atom is -0.492 e. The minimum absolute atomic E-state index is 0.160. The summed E-state index contributed by atoms with van der Waals surface area (Å²) in [5, 5.41) is 0.911. The smallest absolute Gasteiger partial charge is 0.228 e. The van der Waals surface area contributed by atoms with Gasteiger partial charge in [-0.15, -0.1) is 0 Å².